The van der Waals surface area contributed by atoms with Crippen molar-refractivity contribution in [2.24, 2.45) is 0 Å². The number of rotatable bonds is 13. The fourth-order valence-electron chi connectivity index (χ4n) is 14.3. The average molecular weight is 1170 g/mol. The van der Waals surface area contributed by atoms with E-state index in [1.165, 1.54) is 83.4 Å². The van der Waals surface area contributed by atoms with Crippen LogP contribution in [0.3, 0.4) is 0 Å². The van der Waals surface area contributed by atoms with Gasteiger partial charge in [-0.15, -0.1) is 0 Å². The van der Waals surface area contributed by atoms with Crippen molar-refractivity contribution in [3.63, 3.8) is 0 Å². The van der Waals surface area contributed by atoms with Crippen LogP contribution in [0.4, 0.5) is 51.2 Å². The van der Waals surface area contributed by atoms with Crippen LogP contribution in [0, 0.1) is 0 Å². The van der Waals surface area contributed by atoms with Crippen LogP contribution in [0.5, 0.6) is 0 Å². The molecule has 13 rings (SSSR count). The normalized spacial score (nSPS) is 13.4. The number of nitrogens with zero attached hydrogens (tertiary/aromatic N) is 3. The van der Waals surface area contributed by atoms with E-state index in [2.05, 4.69) is 379 Å². The molecule has 4 heteroatoms. The van der Waals surface area contributed by atoms with Crippen molar-refractivity contribution in [2.45, 2.75) is 129 Å². The Morgan fingerprint density at radius 3 is 0.856 bits per heavy atom. The van der Waals surface area contributed by atoms with E-state index in [1.54, 1.807) is 0 Å². The summed E-state index contributed by atoms with van der Waals surface area (Å²) in [4.78, 5) is 7.74. The Labute approximate surface area is 537 Å². The summed E-state index contributed by atoms with van der Waals surface area (Å²) in [6, 6.07) is 101. The molecule has 448 valence electrons. The smallest absolute Gasteiger partial charge is 0.252 e. The molecule has 0 unspecified atom stereocenters. The summed E-state index contributed by atoms with van der Waals surface area (Å²) >= 11 is 0. The van der Waals surface area contributed by atoms with Crippen molar-refractivity contribution in [1.29, 1.82) is 0 Å². The van der Waals surface area contributed by atoms with E-state index in [0.717, 1.165) is 39.8 Å². The maximum Gasteiger partial charge on any atom is 0.252 e. The highest BCUT2D eigenvalue weighted by Crippen LogP contribution is 2.51. The van der Waals surface area contributed by atoms with Crippen molar-refractivity contribution < 1.29 is 0 Å². The third-order valence-electron chi connectivity index (χ3n) is 20.4. The van der Waals surface area contributed by atoms with E-state index < -0.39 is 0 Å². The fraction of sp³-hybridized carbons (Fsp3) is 0.233. The SMILES string of the molecule is CC(C)(C)c1cccc(N(c2cccc(C(C)(C)C)c2)c2cc3c4c(c2)N(c2ccc(C(C)(C)c5ccccc5)cc2)c2ccc(C(C)(C)c5ccccc5)cc2B4c2cc(C(C)(C)c4ccccc4)ccc2N3c2ccc(C(C)(C)c3ccccc3)cc2)c1. The lowest BCUT2D eigenvalue weighted by atomic mass is 9.33. The van der Waals surface area contributed by atoms with Crippen LogP contribution >= 0.6 is 0 Å². The monoisotopic (exact) mass is 1170 g/mol. The van der Waals surface area contributed by atoms with Gasteiger partial charge < -0.3 is 14.7 Å². The van der Waals surface area contributed by atoms with E-state index in [-0.39, 0.29) is 39.2 Å². The first-order chi connectivity index (χ1) is 42.9. The third-order valence-corrected chi connectivity index (χ3v) is 20.4. The lowest BCUT2D eigenvalue weighted by molar-refractivity contribution is 0.590. The zero-order valence-corrected chi connectivity index (χ0v) is 55.3. The Balaban J connectivity index is 1.15. The predicted octanol–water partition coefficient (Wildman–Crippen LogP) is 21.1. The molecule has 11 aromatic rings. The first-order valence-electron chi connectivity index (χ1n) is 32.4. The molecule has 0 aromatic heterocycles. The highest BCUT2D eigenvalue weighted by molar-refractivity contribution is 7.00. The number of fused-ring (bicyclic) bond motifs is 4. The molecule has 11 aromatic carbocycles. The summed E-state index contributed by atoms with van der Waals surface area (Å²) in [5.41, 5.74) is 25.6. The number of benzene rings is 11. The molecule has 0 amide bonds. The van der Waals surface area contributed by atoms with Crippen molar-refractivity contribution in [2.75, 3.05) is 14.7 Å². The van der Waals surface area contributed by atoms with E-state index in [1.807, 2.05) is 0 Å². The van der Waals surface area contributed by atoms with Crippen LogP contribution < -0.4 is 31.1 Å². The van der Waals surface area contributed by atoms with E-state index in [4.69, 9.17) is 0 Å². The van der Waals surface area contributed by atoms with Crippen molar-refractivity contribution in [1.82, 2.24) is 0 Å². The minimum atomic E-state index is -0.307. The molecule has 90 heavy (non-hydrogen) atoms. The van der Waals surface area contributed by atoms with Gasteiger partial charge in [0, 0.05) is 67.2 Å². The molecule has 0 atom stereocenters. The van der Waals surface area contributed by atoms with Gasteiger partial charge in [0.2, 0.25) is 0 Å². The zero-order chi connectivity index (χ0) is 63.1. The summed E-state index contributed by atoms with van der Waals surface area (Å²) in [5.74, 6) is 0. The Hall–Kier alpha value is -9.12. The molecule has 3 nitrogen and oxygen atoms in total. The van der Waals surface area contributed by atoms with Gasteiger partial charge in [0.15, 0.2) is 0 Å². The first kappa shape index (κ1) is 59.8. The molecule has 2 heterocycles. The van der Waals surface area contributed by atoms with Crippen LogP contribution in [-0.4, -0.2) is 6.71 Å². The first-order valence-corrected chi connectivity index (χ1v) is 32.4. The van der Waals surface area contributed by atoms with Gasteiger partial charge in [-0.25, -0.2) is 0 Å². The van der Waals surface area contributed by atoms with Crippen LogP contribution in [0.15, 0.2) is 267 Å². The summed E-state index contributed by atoms with van der Waals surface area (Å²) in [6.45, 7) is 32.7. The molecule has 0 aliphatic carbocycles. The van der Waals surface area contributed by atoms with Crippen molar-refractivity contribution >= 4 is 74.3 Å². The maximum absolute atomic E-state index is 2.61. The van der Waals surface area contributed by atoms with Gasteiger partial charge >= 0.3 is 0 Å². The van der Waals surface area contributed by atoms with Gasteiger partial charge in [0.1, 0.15) is 0 Å². The molecular weight excluding hydrogens is 1090 g/mol. The van der Waals surface area contributed by atoms with Gasteiger partial charge in [-0.2, -0.15) is 0 Å². The summed E-state index contributed by atoms with van der Waals surface area (Å²) in [5, 5.41) is 0. The molecule has 0 fully saturated rings. The van der Waals surface area contributed by atoms with Gasteiger partial charge in [0.25, 0.3) is 6.71 Å². The second-order valence-corrected chi connectivity index (χ2v) is 29.5. The fourth-order valence-corrected chi connectivity index (χ4v) is 14.3. The highest BCUT2D eigenvalue weighted by atomic mass is 15.2. The van der Waals surface area contributed by atoms with Gasteiger partial charge in [0.05, 0.1) is 5.69 Å². The van der Waals surface area contributed by atoms with E-state index in [0.29, 0.717) is 0 Å². The van der Waals surface area contributed by atoms with Crippen LogP contribution in [0.1, 0.15) is 153 Å². The Kier molecular flexibility index (Phi) is 14.9. The number of hydrogen-bond donors (Lipinski definition) is 0. The third kappa shape index (κ3) is 10.6. The molecule has 0 saturated heterocycles. The Morgan fingerprint density at radius 2 is 0.533 bits per heavy atom. The average Bonchev–Trinajstić information content (AvgIpc) is 0.700. The molecule has 0 radical (unpaired) electrons. The molecule has 0 saturated carbocycles. The van der Waals surface area contributed by atoms with Gasteiger partial charge in [-0.3, -0.25) is 0 Å². The van der Waals surface area contributed by atoms with Crippen molar-refractivity contribution in [3.8, 4) is 0 Å². The molecule has 0 spiro atoms. The van der Waals surface area contributed by atoms with Gasteiger partial charge in [-0.05, 0) is 156 Å². The maximum atomic E-state index is 2.61. The molecule has 2 aliphatic rings. The van der Waals surface area contributed by atoms with Gasteiger partial charge in [-0.1, -0.05) is 291 Å². The summed E-state index contributed by atoms with van der Waals surface area (Å²) in [6.07, 6.45) is 0. The summed E-state index contributed by atoms with van der Waals surface area (Å²) in [7, 11) is 0. The van der Waals surface area contributed by atoms with Crippen LogP contribution in [0.2, 0.25) is 0 Å². The highest BCUT2D eigenvalue weighted by Gasteiger charge is 2.46. The summed E-state index contributed by atoms with van der Waals surface area (Å²) < 4.78 is 0. The largest absolute Gasteiger partial charge is 0.311 e. The van der Waals surface area contributed by atoms with Crippen LogP contribution in [-0.2, 0) is 32.5 Å². The van der Waals surface area contributed by atoms with Crippen LogP contribution in [0.25, 0.3) is 0 Å². The zero-order valence-electron chi connectivity index (χ0n) is 55.3. The quantitative estimate of drug-likeness (QED) is 0.107. The number of hydrogen-bond acceptors (Lipinski definition) is 3. The molecular formula is C86H86BN3. The number of anilines is 9. The lowest BCUT2D eigenvalue weighted by Gasteiger charge is -2.46. The lowest BCUT2D eigenvalue weighted by Crippen LogP contribution is -2.61. The molecule has 0 bridgehead atoms. The molecule has 0 N–H and O–H groups in total. The molecule has 2 aliphatic heterocycles. The topological polar surface area (TPSA) is 9.72 Å². The van der Waals surface area contributed by atoms with E-state index in [9.17, 15) is 0 Å². The minimum absolute atomic E-state index is 0.0879. The predicted molar refractivity (Wildman–Crippen MR) is 387 cm³/mol. The standard InChI is InChI=1S/C86H86BN3/c1-81(2,3)65-37-27-39-71(53-65)88(72-40-28-38-66(54-72)82(4,5)6)73-57-78-80-79(58-73)90(70-49-43-64(44-50-70)84(9,10)60-31-21-16-22-32-60)77-52-46-68(86(13,14)62-35-25-18-26-36-62)56-75(77)87(80)74-55-67(85(11,12)61-33-23-17-24-34-61)45-51-76(74)89(78)69-47-41-63(42-48-69)83(7,8)59-29-19-15-20-30-59/h15-58H,1-14H3. The Morgan fingerprint density at radius 1 is 0.244 bits per heavy atom. The minimum Gasteiger partial charge on any atom is -0.311 e. The second kappa shape index (κ2) is 22.4. The Bertz CT molecular complexity index is 4130. The van der Waals surface area contributed by atoms with E-state index >= 15 is 0 Å². The second-order valence-electron chi connectivity index (χ2n) is 29.5. The van der Waals surface area contributed by atoms with Crippen molar-refractivity contribution in [3.05, 3.63) is 323 Å².